The second-order valence-corrected chi connectivity index (χ2v) is 9.36. The van der Waals surface area contributed by atoms with Crippen LogP contribution in [0.5, 0.6) is 0 Å². The first-order valence-electron chi connectivity index (χ1n) is 11.8. The largest absolute Gasteiger partial charge is 0.481 e. The summed E-state index contributed by atoms with van der Waals surface area (Å²) in [4.78, 5) is 24.3. The molecule has 2 N–H and O–H groups in total. The molecule has 0 saturated heterocycles. The summed E-state index contributed by atoms with van der Waals surface area (Å²) in [6.45, 7) is 4.53. The number of ether oxygens (including phenoxy) is 1. The fraction of sp³-hybridized carbons (Fsp3) is 0.310. The van der Waals surface area contributed by atoms with Crippen LogP contribution in [0.4, 0.5) is 4.79 Å². The van der Waals surface area contributed by atoms with Crippen LogP contribution in [-0.2, 0) is 22.4 Å². The minimum atomic E-state index is -0.937. The SMILES string of the molecule is CC(C)Cc1cccc(C[C@@H](CNC(=O)OCC2c3ccccc3-c3ccccc32)C(=O)O)c1. The molecule has 0 unspecified atom stereocenters. The van der Waals surface area contributed by atoms with Gasteiger partial charge in [0.1, 0.15) is 6.61 Å². The van der Waals surface area contributed by atoms with Crippen LogP contribution in [0, 0.1) is 11.8 Å². The summed E-state index contributed by atoms with van der Waals surface area (Å²) >= 11 is 0. The third kappa shape index (κ3) is 5.48. The molecule has 0 radical (unpaired) electrons. The highest BCUT2D eigenvalue weighted by Crippen LogP contribution is 2.44. The van der Waals surface area contributed by atoms with Crippen LogP contribution in [0.3, 0.4) is 0 Å². The lowest BCUT2D eigenvalue weighted by atomic mass is 9.95. The number of carbonyl (C=O) groups excluding carboxylic acids is 1. The summed E-state index contributed by atoms with van der Waals surface area (Å²) in [5, 5.41) is 12.4. The van der Waals surface area contributed by atoms with Crippen LogP contribution >= 0.6 is 0 Å². The summed E-state index contributed by atoms with van der Waals surface area (Å²) in [5.74, 6) is -1.17. The Morgan fingerprint density at radius 1 is 0.882 bits per heavy atom. The number of nitrogens with one attached hydrogen (secondary N) is 1. The van der Waals surface area contributed by atoms with Crippen LogP contribution in [0.15, 0.2) is 72.8 Å². The van der Waals surface area contributed by atoms with Crippen LogP contribution in [0.2, 0.25) is 0 Å². The van der Waals surface area contributed by atoms with Gasteiger partial charge in [-0.25, -0.2) is 4.79 Å². The fourth-order valence-corrected chi connectivity index (χ4v) is 4.74. The van der Waals surface area contributed by atoms with Gasteiger partial charge in [0.2, 0.25) is 0 Å². The zero-order chi connectivity index (χ0) is 24.1. The van der Waals surface area contributed by atoms with Crippen LogP contribution in [0.25, 0.3) is 11.1 Å². The minimum absolute atomic E-state index is 0.0143. The topological polar surface area (TPSA) is 75.6 Å². The Bertz CT molecular complexity index is 1120. The van der Waals surface area contributed by atoms with E-state index in [0.29, 0.717) is 12.3 Å². The number of amides is 1. The Balaban J connectivity index is 1.34. The molecule has 3 aromatic rings. The Hall–Kier alpha value is -3.60. The third-order valence-electron chi connectivity index (χ3n) is 6.30. The number of carboxylic acid groups (broad SMARTS) is 1. The van der Waals surface area contributed by atoms with Gasteiger partial charge >= 0.3 is 12.1 Å². The van der Waals surface area contributed by atoms with Crippen molar-refractivity contribution in [1.29, 1.82) is 0 Å². The highest BCUT2D eigenvalue weighted by Gasteiger charge is 2.29. The third-order valence-corrected chi connectivity index (χ3v) is 6.30. The van der Waals surface area contributed by atoms with Crippen molar-refractivity contribution in [3.05, 3.63) is 95.1 Å². The number of carbonyl (C=O) groups is 2. The first-order valence-corrected chi connectivity index (χ1v) is 11.8. The van der Waals surface area contributed by atoms with Gasteiger partial charge in [-0.3, -0.25) is 4.79 Å². The first-order chi connectivity index (χ1) is 16.4. The molecule has 1 atom stereocenters. The first kappa shape index (κ1) is 23.6. The average molecular weight is 458 g/mol. The van der Waals surface area contributed by atoms with Gasteiger partial charge in [0.25, 0.3) is 0 Å². The molecule has 1 amide bonds. The van der Waals surface area contributed by atoms with Crippen molar-refractivity contribution in [3.8, 4) is 11.1 Å². The number of rotatable bonds is 9. The monoisotopic (exact) mass is 457 g/mol. The molecule has 0 aliphatic heterocycles. The highest BCUT2D eigenvalue weighted by atomic mass is 16.5. The second-order valence-electron chi connectivity index (χ2n) is 9.36. The van der Waals surface area contributed by atoms with E-state index in [-0.39, 0.29) is 19.1 Å². The lowest BCUT2D eigenvalue weighted by molar-refractivity contribution is -0.141. The maximum Gasteiger partial charge on any atom is 0.407 e. The van der Waals surface area contributed by atoms with Gasteiger partial charge < -0.3 is 15.2 Å². The highest BCUT2D eigenvalue weighted by molar-refractivity contribution is 5.79. The van der Waals surface area contributed by atoms with Gasteiger partial charge in [-0.15, -0.1) is 0 Å². The van der Waals surface area contributed by atoms with Crippen LogP contribution in [-0.4, -0.2) is 30.3 Å². The van der Waals surface area contributed by atoms with Gasteiger partial charge in [-0.05, 0) is 52.1 Å². The summed E-state index contributed by atoms with van der Waals surface area (Å²) in [6, 6.07) is 24.3. The van der Waals surface area contributed by atoms with E-state index in [2.05, 4.69) is 55.6 Å². The lowest BCUT2D eigenvalue weighted by Crippen LogP contribution is -2.35. The molecule has 1 aliphatic rings. The van der Waals surface area contributed by atoms with Gasteiger partial charge in [0.15, 0.2) is 0 Å². The standard InChI is InChI=1S/C29H31NO4/c1-19(2)14-20-8-7-9-21(15-20)16-22(28(31)32)17-30-29(33)34-18-27-25-12-5-3-10-23(25)24-11-4-6-13-26(24)27/h3-13,15,19,22,27H,14,16-18H2,1-2H3,(H,30,33)(H,31,32)/t22-/m0/s1. The molecular weight excluding hydrogens is 426 g/mol. The molecule has 0 bridgehead atoms. The molecule has 0 saturated carbocycles. The van der Waals surface area contributed by atoms with Gasteiger partial charge in [0, 0.05) is 12.5 Å². The maximum atomic E-state index is 12.5. The van der Waals surface area contributed by atoms with E-state index in [0.717, 1.165) is 34.2 Å². The molecule has 34 heavy (non-hydrogen) atoms. The van der Waals surface area contributed by atoms with Crippen LogP contribution < -0.4 is 5.32 Å². The fourth-order valence-electron chi connectivity index (χ4n) is 4.74. The zero-order valence-corrected chi connectivity index (χ0v) is 19.7. The van der Waals surface area contributed by atoms with Crippen molar-refractivity contribution in [3.63, 3.8) is 0 Å². The Labute approximate surface area is 200 Å². The summed E-state index contributed by atoms with van der Waals surface area (Å²) in [6.07, 6.45) is 0.704. The number of hydrogen-bond acceptors (Lipinski definition) is 3. The number of benzene rings is 3. The zero-order valence-electron chi connectivity index (χ0n) is 19.7. The Morgan fingerprint density at radius 3 is 2.06 bits per heavy atom. The van der Waals surface area contributed by atoms with Crippen molar-refractivity contribution in [2.24, 2.45) is 11.8 Å². The molecule has 3 aromatic carbocycles. The molecule has 0 fully saturated rings. The summed E-state index contributed by atoms with van der Waals surface area (Å²) in [7, 11) is 0. The predicted molar refractivity (Wildman–Crippen MR) is 133 cm³/mol. The van der Waals surface area contributed by atoms with E-state index >= 15 is 0 Å². The van der Waals surface area contributed by atoms with Crippen molar-refractivity contribution in [1.82, 2.24) is 5.32 Å². The van der Waals surface area contributed by atoms with Crippen molar-refractivity contribution < 1.29 is 19.4 Å². The van der Waals surface area contributed by atoms with E-state index in [1.165, 1.54) is 5.56 Å². The molecule has 1 aliphatic carbocycles. The lowest BCUT2D eigenvalue weighted by Gasteiger charge is -2.17. The number of carboxylic acids is 1. The normalized spacial score (nSPS) is 13.3. The number of fused-ring (bicyclic) bond motifs is 3. The molecule has 5 heteroatoms. The number of hydrogen-bond donors (Lipinski definition) is 2. The minimum Gasteiger partial charge on any atom is -0.481 e. The molecular formula is C29H31NO4. The molecule has 5 nitrogen and oxygen atoms in total. The Kier molecular flexibility index (Phi) is 7.31. The number of alkyl carbamates (subject to hydrolysis) is 1. The molecule has 0 heterocycles. The smallest absolute Gasteiger partial charge is 0.407 e. The van der Waals surface area contributed by atoms with Crippen molar-refractivity contribution in [2.75, 3.05) is 13.2 Å². The van der Waals surface area contributed by atoms with E-state index in [4.69, 9.17) is 4.74 Å². The molecule has 0 aromatic heterocycles. The Morgan fingerprint density at radius 2 is 1.47 bits per heavy atom. The van der Waals surface area contributed by atoms with Crippen molar-refractivity contribution >= 4 is 12.1 Å². The number of aliphatic carboxylic acids is 1. The summed E-state index contributed by atoms with van der Waals surface area (Å²) < 4.78 is 5.54. The van der Waals surface area contributed by atoms with Gasteiger partial charge in [0.05, 0.1) is 5.92 Å². The van der Waals surface area contributed by atoms with E-state index in [9.17, 15) is 14.7 Å². The summed E-state index contributed by atoms with van der Waals surface area (Å²) in [5.41, 5.74) is 6.76. The van der Waals surface area contributed by atoms with Gasteiger partial charge in [-0.2, -0.15) is 0 Å². The van der Waals surface area contributed by atoms with Crippen LogP contribution in [0.1, 0.15) is 42.0 Å². The average Bonchev–Trinajstić information content (AvgIpc) is 3.14. The van der Waals surface area contributed by atoms with E-state index in [1.807, 2.05) is 36.4 Å². The van der Waals surface area contributed by atoms with E-state index in [1.54, 1.807) is 0 Å². The molecule has 176 valence electrons. The quantitative estimate of drug-likeness (QED) is 0.434. The van der Waals surface area contributed by atoms with Crippen molar-refractivity contribution in [2.45, 2.75) is 32.6 Å². The van der Waals surface area contributed by atoms with Gasteiger partial charge in [-0.1, -0.05) is 86.6 Å². The molecule has 0 spiro atoms. The molecule has 4 rings (SSSR count). The predicted octanol–water partition coefficient (Wildman–Crippen LogP) is 5.67. The van der Waals surface area contributed by atoms with E-state index < -0.39 is 18.0 Å². The maximum absolute atomic E-state index is 12.5. The second kappa shape index (κ2) is 10.6.